The molecule has 1 saturated carbocycles. The molecule has 6 rings (SSSR count). The molecule has 250 valence electrons. The molecule has 1 aliphatic carbocycles. The lowest BCUT2D eigenvalue weighted by atomic mass is 10.0. The number of rotatable bonds is 12. The highest BCUT2D eigenvalue weighted by Crippen LogP contribution is 2.42. The number of fused-ring (bicyclic) bond motifs is 1. The lowest BCUT2D eigenvalue weighted by molar-refractivity contribution is -0.127. The Morgan fingerprint density at radius 1 is 0.958 bits per heavy atom. The number of nitrogens with zero attached hydrogens (tertiary/aromatic N) is 3. The van der Waals surface area contributed by atoms with Gasteiger partial charge in [0, 0.05) is 42.4 Å². The molecule has 1 atom stereocenters. The number of ether oxygens (including phenoxy) is 2. The van der Waals surface area contributed by atoms with E-state index in [1.807, 2.05) is 37.3 Å². The molecule has 0 saturated heterocycles. The smallest absolute Gasteiger partial charge is 0.264 e. The maximum absolute atomic E-state index is 13.9. The first-order chi connectivity index (χ1) is 23.0. The summed E-state index contributed by atoms with van der Waals surface area (Å²) in [5.74, 6) is -0.212. The van der Waals surface area contributed by atoms with Crippen LogP contribution in [0.5, 0.6) is 11.5 Å². The maximum atomic E-state index is 13.9. The molecule has 13 heteroatoms. The van der Waals surface area contributed by atoms with Crippen LogP contribution in [0, 0.1) is 13.8 Å². The Balaban J connectivity index is 1.18. The van der Waals surface area contributed by atoms with Gasteiger partial charge in [0.15, 0.2) is 11.5 Å². The van der Waals surface area contributed by atoms with Crippen molar-refractivity contribution in [3.05, 3.63) is 101 Å². The van der Waals surface area contributed by atoms with Crippen LogP contribution in [0.1, 0.15) is 46.8 Å². The van der Waals surface area contributed by atoms with Gasteiger partial charge in [-0.25, -0.2) is 13.1 Å². The minimum absolute atomic E-state index is 0.00303. The molecule has 2 heterocycles. The predicted molar refractivity (Wildman–Crippen MR) is 177 cm³/mol. The van der Waals surface area contributed by atoms with Gasteiger partial charge in [-0.2, -0.15) is 5.10 Å². The van der Waals surface area contributed by atoms with Crippen molar-refractivity contribution in [2.75, 3.05) is 18.7 Å². The molecule has 4 aromatic rings. The summed E-state index contributed by atoms with van der Waals surface area (Å²) in [6.07, 6.45) is 1.77. The Bertz CT molecular complexity index is 1950. The van der Waals surface area contributed by atoms with Gasteiger partial charge < -0.3 is 19.7 Å². The van der Waals surface area contributed by atoms with Crippen molar-refractivity contribution in [1.82, 2.24) is 19.8 Å². The van der Waals surface area contributed by atoms with Crippen LogP contribution in [0.15, 0.2) is 77.7 Å². The number of hydrogen-bond donors (Lipinski definition) is 2. The first kappa shape index (κ1) is 32.8. The second-order valence-electron chi connectivity index (χ2n) is 12.1. The quantitative estimate of drug-likeness (QED) is 0.232. The van der Waals surface area contributed by atoms with Crippen molar-refractivity contribution in [2.24, 2.45) is 0 Å². The van der Waals surface area contributed by atoms with E-state index >= 15 is 0 Å². The number of anilines is 1. The molecule has 0 radical (unpaired) electrons. The minimum atomic E-state index is -4.06. The van der Waals surface area contributed by atoms with Crippen molar-refractivity contribution in [2.45, 2.75) is 62.9 Å². The summed E-state index contributed by atoms with van der Waals surface area (Å²) in [7, 11) is -2.42. The fraction of sp³-hybridized carbons (Fsp3) is 0.314. The average Bonchev–Trinajstić information content (AvgIpc) is 3.70. The fourth-order valence-corrected chi connectivity index (χ4v) is 6.78. The Morgan fingerprint density at radius 2 is 1.67 bits per heavy atom. The van der Waals surface area contributed by atoms with Crippen molar-refractivity contribution >= 4 is 33.4 Å². The molecule has 2 aliphatic rings. The maximum Gasteiger partial charge on any atom is 0.264 e. The highest BCUT2D eigenvalue weighted by atomic mass is 32.2. The van der Waals surface area contributed by atoms with Crippen molar-refractivity contribution in [3.63, 3.8) is 0 Å². The van der Waals surface area contributed by atoms with E-state index in [0.29, 0.717) is 28.4 Å². The van der Waals surface area contributed by atoms with Gasteiger partial charge in [-0.1, -0.05) is 48.0 Å². The largest absolute Gasteiger partial charge is 0.454 e. The first-order valence-corrected chi connectivity index (χ1v) is 17.2. The number of aryl methyl sites for hydroxylation is 2. The zero-order valence-corrected chi connectivity index (χ0v) is 27.7. The molecule has 0 unspecified atom stereocenters. The monoisotopic (exact) mass is 671 g/mol. The average molecular weight is 672 g/mol. The van der Waals surface area contributed by atoms with E-state index in [4.69, 9.17) is 9.47 Å². The highest BCUT2D eigenvalue weighted by Gasteiger charge is 2.34. The Morgan fingerprint density at radius 3 is 2.38 bits per heavy atom. The third kappa shape index (κ3) is 7.36. The van der Waals surface area contributed by atoms with Gasteiger partial charge in [0.05, 0.1) is 17.0 Å². The summed E-state index contributed by atoms with van der Waals surface area (Å²) in [6.45, 7) is 3.51. The lowest BCUT2D eigenvalue weighted by Gasteiger charge is -2.25. The predicted octanol–water partition coefficient (Wildman–Crippen LogP) is 3.54. The molecule has 1 aliphatic heterocycles. The summed E-state index contributed by atoms with van der Waals surface area (Å²) in [6, 6.07) is 20.0. The molecule has 2 N–H and O–H groups in total. The Labute approximate surface area is 279 Å². The van der Waals surface area contributed by atoms with Crippen LogP contribution < -0.4 is 24.4 Å². The number of carbonyl (C=O) groups is 3. The van der Waals surface area contributed by atoms with Crippen LogP contribution in [-0.4, -0.2) is 55.8 Å². The molecule has 48 heavy (non-hydrogen) atoms. The van der Waals surface area contributed by atoms with Crippen LogP contribution in [0.4, 0.5) is 5.69 Å². The lowest BCUT2D eigenvalue weighted by Crippen LogP contribution is -2.49. The molecule has 3 aromatic carbocycles. The second kappa shape index (κ2) is 13.5. The van der Waals surface area contributed by atoms with Gasteiger partial charge in [-0.15, -0.1) is 0 Å². The zero-order valence-electron chi connectivity index (χ0n) is 26.9. The van der Waals surface area contributed by atoms with E-state index in [0.717, 1.165) is 29.7 Å². The number of sulfonamides is 1. The number of carbonyl (C=O) groups excluding carboxylic acids is 3. The SMILES string of the molecule is Cc1ccc(S(=O)(=O)NC(=O)Cc2c(C)nn(CC(=O)N[C@@H](Cc3ccccc3)C(=O)N(C)c3ccc4c(c3)OCO4)c2C2CC2)cc1. The molecule has 0 bridgehead atoms. The fourth-order valence-electron chi connectivity index (χ4n) is 5.79. The van der Waals surface area contributed by atoms with Crippen LogP contribution >= 0.6 is 0 Å². The number of aromatic nitrogens is 2. The van der Waals surface area contributed by atoms with E-state index in [9.17, 15) is 22.8 Å². The molecule has 3 amide bonds. The summed E-state index contributed by atoms with van der Waals surface area (Å²) in [4.78, 5) is 42.0. The molecule has 12 nitrogen and oxygen atoms in total. The van der Waals surface area contributed by atoms with E-state index in [1.54, 1.807) is 49.0 Å². The highest BCUT2D eigenvalue weighted by molar-refractivity contribution is 7.90. The normalized spacial score (nSPS) is 14.3. The molecule has 0 spiro atoms. The van der Waals surface area contributed by atoms with Crippen LogP contribution in [0.25, 0.3) is 0 Å². The first-order valence-electron chi connectivity index (χ1n) is 15.7. The summed E-state index contributed by atoms with van der Waals surface area (Å²) in [5, 5.41) is 7.51. The van der Waals surface area contributed by atoms with Crippen molar-refractivity contribution in [3.8, 4) is 11.5 Å². The van der Waals surface area contributed by atoms with Gasteiger partial charge in [-0.05, 0) is 56.5 Å². The zero-order chi connectivity index (χ0) is 34.0. The Kier molecular flexibility index (Phi) is 9.22. The van der Waals surface area contributed by atoms with E-state index in [2.05, 4.69) is 15.1 Å². The summed E-state index contributed by atoms with van der Waals surface area (Å²) >= 11 is 0. The third-order valence-corrected chi connectivity index (χ3v) is 9.85. The molecular formula is C35H37N5O7S. The number of hydrogen-bond acceptors (Lipinski definition) is 8. The van der Waals surface area contributed by atoms with Gasteiger partial charge in [0.1, 0.15) is 12.6 Å². The summed E-state index contributed by atoms with van der Waals surface area (Å²) in [5.41, 5.74) is 4.22. The Hall–Kier alpha value is -5.17. The van der Waals surface area contributed by atoms with Gasteiger partial charge in [-0.3, -0.25) is 19.1 Å². The van der Waals surface area contributed by atoms with Gasteiger partial charge in [0.25, 0.3) is 10.0 Å². The summed E-state index contributed by atoms with van der Waals surface area (Å²) < 4.78 is 40.3. The van der Waals surface area contributed by atoms with E-state index < -0.39 is 27.9 Å². The van der Waals surface area contributed by atoms with Gasteiger partial charge in [0.2, 0.25) is 24.5 Å². The molecular weight excluding hydrogens is 634 g/mol. The minimum Gasteiger partial charge on any atom is -0.454 e. The van der Waals surface area contributed by atoms with Crippen molar-refractivity contribution < 1.29 is 32.3 Å². The topological polar surface area (TPSA) is 149 Å². The molecule has 1 aromatic heterocycles. The third-order valence-electron chi connectivity index (χ3n) is 8.46. The number of benzene rings is 3. The number of amides is 3. The van der Waals surface area contributed by atoms with Gasteiger partial charge >= 0.3 is 0 Å². The van der Waals surface area contributed by atoms with Crippen molar-refractivity contribution in [1.29, 1.82) is 0 Å². The second-order valence-corrected chi connectivity index (χ2v) is 13.8. The van der Waals surface area contributed by atoms with Crippen LogP contribution in [-0.2, 0) is 43.8 Å². The molecule has 1 fully saturated rings. The van der Waals surface area contributed by atoms with Crippen LogP contribution in [0.2, 0.25) is 0 Å². The number of nitrogens with one attached hydrogen (secondary N) is 2. The number of likely N-dealkylation sites (N-methyl/N-ethyl adjacent to an activating group) is 1. The van der Waals surface area contributed by atoms with E-state index in [1.165, 1.54) is 17.0 Å². The van der Waals surface area contributed by atoms with Crippen LogP contribution in [0.3, 0.4) is 0 Å². The standard InChI is InChI=1S/C35H37N5O7S/c1-22-9-14-27(15-10-22)48(44,45)38-32(41)19-28-23(2)37-40(34(28)25-11-12-25)20-33(42)36-29(17-24-7-5-4-6-8-24)35(43)39(3)26-13-16-30-31(18-26)47-21-46-30/h4-10,13-16,18,25,29H,11-12,17,19-21H2,1-3H3,(H,36,42)(H,38,41)/t29-/m0/s1. The van der Waals surface area contributed by atoms with E-state index in [-0.39, 0.29) is 42.9 Å².